The maximum atomic E-state index is 12.2. The van der Waals surface area contributed by atoms with E-state index in [1.165, 1.54) is 19.2 Å². The van der Waals surface area contributed by atoms with Crippen LogP contribution in [-0.2, 0) is 10.0 Å². The molecule has 1 aliphatic carbocycles. The molecule has 0 aliphatic heterocycles. The molecule has 1 aromatic rings. The molecule has 2 rings (SSSR count). The first-order valence-electron chi connectivity index (χ1n) is 6.13. The van der Waals surface area contributed by atoms with Crippen LogP contribution in [0.4, 0.5) is 0 Å². The smallest absolute Gasteiger partial charge is 0.242 e. The Morgan fingerprint density at radius 1 is 1.40 bits per heavy atom. The third-order valence-corrected chi connectivity index (χ3v) is 5.42. The van der Waals surface area contributed by atoms with Gasteiger partial charge < -0.3 is 10.5 Å². The van der Waals surface area contributed by atoms with E-state index in [2.05, 4.69) is 4.72 Å². The zero-order valence-electron chi connectivity index (χ0n) is 10.9. The highest BCUT2D eigenvalue weighted by atomic mass is 35.5. The van der Waals surface area contributed by atoms with E-state index in [1.807, 2.05) is 0 Å². The highest BCUT2D eigenvalue weighted by Crippen LogP contribution is 2.34. The third-order valence-electron chi connectivity index (χ3n) is 3.23. The topological polar surface area (TPSA) is 81.4 Å². The number of ether oxygens (including phenoxy) is 1. The summed E-state index contributed by atoms with van der Waals surface area (Å²) in [6.07, 6.45) is 2.11. The van der Waals surface area contributed by atoms with Crippen LogP contribution in [0.1, 0.15) is 12.8 Å². The van der Waals surface area contributed by atoms with Gasteiger partial charge in [-0.3, -0.25) is 0 Å². The van der Waals surface area contributed by atoms with Gasteiger partial charge in [-0.25, -0.2) is 13.1 Å². The summed E-state index contributed by atoms with van der Waals surface area (Å²) in [6, 6.07) is 2.48. The summed E-state index contributed by atoms with van der Waals surface area (Å²) in [6.45, 7) is 0.187. The predicted molar refractivity (Wildman–Crippen MR) is 78.9 cm³/mol. The van der Waals surface area contributed by atoms with Gasteiger partial charge in [-0.15, -0.1) is 0 Å². The fourth-order valence-corrected chi connectivity index (χ4v) is 3.77. The molecule has 0 heterocycles. The van der Waals surface area contributed by atoms with E-state index in [-0.39, 0.29) is 27.5 Å². The van der Waals surface area contributed by atoms with Gasteiger partial charge in [0.15, 0.2) is 0 Å². The lowest BCUT2D eigenvalue weighted by atomic mass is 10.2. The fourth-order valence-electron chi connectivity index (χ4n) is 1.85. The van der Waals surface area contributed by atoms with E-state index >= 15 is 0 Å². The van der Waals surface area contributed by atoms with E-state index < -0.39 is 10.0 Å². The number of nitrogens with two attached hydrogens (primary N) is 1. The summed E-state index contributed by atoms with van der Waals surface area (Å²) >= 11 is 11.9. The minimum atomic E-state index is -3.74. The number of halogens is 2. The average Bonchev–Trinajstić information content (AvgIpc) is 3.22. The first-order valence-corrected chi connectivity index (χ1v) is 8.37. The fraction of sp³-hybridized carbons (Fsp3) is 0.500. The number of nitrogens with one attached hydrogen (secondary N) is 1. The van der Waals surface area contributed by atoms with Gasteiger partial charge >= 0.3 is 0 Å². The van der Waals surface area contributed by atoms with Crippen LogP contribution in [0.3, 0.4) is 0 Å². The Bertz CT molecular complexity index is 603. The maximum Gasteiger partial charge on any atom is 0.242 e. The summed E-state index contributed by atoms with van der Waals surface area (Å²) in [5.41, 5.74) is 5.87. The first kappa shape index (κ1) is 15.9. The number of hydrogen-bond donors (Lipinski definition) is 2. The second kappa shape index (κ2) is 6.07. The first-order chi connectivity index (χ1) is 9.35. The molecule has 1 atom stereocenters. The van der Waals surface area contributed by atoms with Gasteiger partial charge in [0, 0.05) is 18.7 Å². The quantitative estimate of drug-likeness (QED) is 0.831. The zero-order chi connectivity index (χ0) is 14.9. The van der Waals surface area contributed by atoms with Crippen molar-refractivity contribution in [2.24, 2.45) is 11.7 Å². The normalized spacial score (nSPS) is 17.0. The van der Waals surface area contributed by atoms with Crippen LogP contribution in [0, 0.1) is 5.92 Å². The summed E-state index contributed by atoms with van der Waals surface area (Å²) in [5, 5.41) is 0.238. The van der Waals surface area contributed by atoms with Gasteiger partial charge in [0.05, 0.1) is 17.2 Å². The van der Waals surface area contributed by atoms with Gasteiger partial charge in [0.2, 0.25) is 10.0 Å². The van der Waals surface area contributed by atoms with Crippen LogP contribution in [0.15, 0.2) is 17.0 Å². The molecule has 0 amide bonds. The van der Waals surface area contributed by atoms with Crippen LogP contribution in [0.2, 0.25) is 10.0 Å². The summed E-state index contributed by atoms with van der Waals surface area (Å²) in [4.78, 5) is -0.0760. The predicted octanol–water partition coefficient (Wildman–Crippen LogP) is 2.02. The minimum Gasteiger partial charge on any atom is -0.495 e. The molecular weight excluding hydrogens is 323 g/mol. The molecule has 0 radical (unpaired) electrons. The van der Waals surface area contributed by atoms with Crippen molar-refractivity contribution in [2.45, 2.75) is 23.8 Å². The number of benzene rings is 1. The average molecular weight is 339 g/mol. The minimum absolute atomic E-state index is 0.0544. The van der Waals surface area contributed by atoms with Crippen molar-refractivity contribution >= 4 is 33.2 Å². The monoisotopic (exact) mass is 338 g/mol. The van der Waals surface area contributed by atoms with E-state index in [9.17, 15) is 8.42 Å². The molecular formula is C12H16Cl2N2O3S. The van der Waals surface area contributed by atoms with E-state index in [1.54, 1.807) is 0 Å². The number of methoxy groups -OCH3 is 1. The van der Waals surface area contributed by atoms with Gasteiger partial charge in [0.25, 0.3) is 0 Å². The van der Waals surface area contributed by atoms with E-state index in [4.69, 9.17) is 33.7 Å². The maximum absolute atomic E-state index is 12.2. The van der Waals surface area contributed by atoms with Crippen LogP contribution in [0.5, 0.6) is 5.75 Å². The van der Waals surface area contributed by atoms with E-state index in [0.29, 0.717) is 11.7 Å². The van der Waals surface area contributed by atoms with Crippen LogP contribution >= 0.6 is 23.2 Å². The molecule has 1 unspecified atom stereocenters. The van der Waals surface area contributed by atoms with E-state index in [0.717, 1.165) is 12.8 Å². The van der Waals surface area contributed by atoms with Gasteiger partial charge in [-0.2, -0.15) is 0 Å². The Balaban J connectivity index is 2.18. The summed E-state index contributed by atoms with van der Waals surface area (Å²) in [7, 11) is -2.31. The lowest BCUT2D eigenvalue weighted by Crippen LogP contribution is -2.38. The van der Waals surface area contributed by atoms with Crippen LogP contribution < -0.4 is 15.2 Å². The van der Waals surface area contributed by atoms with Crippen molar-refractivity contribution < 1.29 is 13.2 Å². The molecule has 1 aliphatic rings. The number of hydrogen-bond acceptors (Lipinski definition) is 4. The third kappa shape index (κ3) is 3.56. The largest absolute Gasteiger partial charge is 0.495 e. The Morgan fingerprint density at radius 2 is 2.05 bits per heavy atom. The Morgan fingerprint density at radius 3 is 2.60 bits per heavy atom. The molecule has 0 bridgehead atoms. The lowest BCUT2D eigenvalue weighted by molar-refractivity contribution is 0.414. The Hall–Kier alpha value is -0.530. The molecule has 1 fully saturated rings. The molecule has 1 aromatic carbocycles. The van der Waals surface area contributed by atoms with Crippen LogP contribution in [-0.4, -0.2) is 28.1 Å². The molecule has 0 spiro atoms. The summed E-state index contributed by atoms with van der Waals surface area (Å²) in [5.74, 6) is 0.734. The van der Waals surface area contributed by atoms with Gasteiger partial charge in [0.1, 0.15) is 10.6 Å². The van der Waals surface area contributed by atoms with Crippen molar-refractivity contribution in [3.8, 4) is 5.75 Å². The standard InChI is InChI=1S/C12H16Cl2N2O3S/c1-19-11-4-9(14)12(5-8(11)13)20(17,18)16-6-10(15)7-2-3-7/h4-5,7,10,16H,2-3,6,15H2,1H3. The van der Waals surface area contributed by atoms with Gasteiger partial charge in [-0.05, 0) is 24.8 Å². The Labute approximate surface area is 128 Å². The van der Waals surface area contributed by atoms with Crippen molar-refractivity contribution in [1.29, 1.82) is 0 Å². The lowest BCUT2D eigenvalue weighted by Gasteiger charge is -2.14. The van der Waals surface area contributed by atoms with Crippen molar-refractivity contribution in [3.63, 3.8) is 0 Å². The Kier molecular flexibility index (Phi) is 4.81. The van der Waals surface area contributed by atoms with Crippen LogP contribution in [0.25, 0.3) is 0 Å². The molecule has 5 nitrogen and oxygen atoms in total. The molecule has 8 heteroatoms. The second-order valence-electron chi connectivity index (χ2n) is 4.77. The van der Waals surface area contributed by atoms with Crippen molar-refractivity contribution in [1.82, 2.24) is 4.72 Å². The zero-order valence-corrected chi connectivity index (χ0v) is 13.2. The van der Waals surface area contributed by atoms with Crippen molar-refractivity contribution in [3.05, 3.63) is 22.2 Å². The molecule has 112 valence electrons. The second-order valence-corrected chi connectivity index (χ2v) is 7.32. The highest BCUT2D eigenvalue weighted by Gasteiger charge is 2.30. The molecule has 0 saturated heterocycles. The molecule has 3 N–H and O–H groups in total. The SMILES string of the molecule is COc1cc(Cl)c(S(=O)(=O)NCC(N)C2CC2)cc1Cl. The molecule has 20 heavy (non-hydrogen) atoms. The number of sulfonamides is 1. The van der Waals surface area contributed by atoms with Gasteiger partial charge in [-0.1, -0.05) is 23.2 Å². The molecule has 0 aromatic heterocycles. The molecule has 1 saturated carbocycles. The highest BCUT2D eigenvalue weighted by molar-refractivity contribution is 7.89. The van der Waals surface area contributed by atoms with Crippen molar-refractivity contribution in [2.75, 3.05) is 13.7 Å². The number of rotatable bonds is 6. The summed E-state index contributed by atoms with van der Waals surface area (Å²) < 4.78 is 31.8.